The number of para-hydroxylation sites is 1. The zero-order chi connectivity index (χ0) is 11.4. The highest BCUT2D eigenvalue weighted by Gasteiger charge is 2.05. The lowest BCUT2D eigenvalue weighted by Crippen LogP contribution is -2.02. The molecular weight excluding hydrogens is 202 g/mol. The molecule has 4 nitrogen and oxygen atoms in total. The van der Waals surface area contributed by atoms with Gasteiger partial charge in [0.1, 0.15) is 11.6 Å². The second-order valence-electron chi connectivity index (χ2n) is 3.29. The lowest BCUT2D eigenvalue weighted by Gasteiger charge is -2.07. The second kappa shape index (κ2) is 4.72. The van der Waals surface area contributed by atoms with Gasteiger partial charge in [-0.25, -0.2) is 9.97 Å². The molecule has 2 N–H and O–H groups in total. The van der Waals surface area contributed by atoms with Crippen molar-refractivity contribution in [2.75, 3.05) is 7.11 Å². The molecule has 0 bridgehead atoms. The molecular formula is C12H13N3O. The van der Waals surface area contributed by atoms with Crippen LogP contribution in [0.3, 0.4) is 0 Å². The maximum absolute atomic E-state index is 5.44. The fourth-order valence-corrected chi connectivity index (χ4v) is 1.48. The van der Waals surface area contributed by atoms with Crippen LogP contribution >= 0.6 is 0 Å². The van der Waals surface area contributed by atoms with Gasteiger partial charge in [0.15, 0.2) is 0 Å². The van der Waals surface area contributed by atoms with E-state index in [-0.39, 0.29) is 0 Å². The van der Waals surface area contributed by atoms with Crippen LogP contribution in [0.5, 0.6) is 5.75 Å². The zero-order valence-electron chi connectivity index (χ0n) is 9.05. The maximum Gasteiger partial charge on any atom is 0.141 e. The minimum Gasteiger partial charge on any atom is -0.496 e. The van der Waals surface area contributed by atoms with Crippen LogP contribution in [-0.4, -0.2) is 17.1 Å². The third-order valence-corrected chi connectivity index (χ3v) is 2.31. The molecule has 0 saturated carbocycles. The molecule has 0 amide bonds. The summed E-state index contributed by atoms with van der Waals surface area (Å²) in [6.07, 6.45) is 3.51. The Bertz CT molecular complexity index is 468. The standard InChI is InChI=1S/C12H13N3O/c1-16-11-5-3-2-4-10(11)9-7-14-12(6-13)15-8-9/h2-5,7-8H,6,13H2,1H3. The number of nitrogens with zero attached hydrogens (tertiary/aromatic N) is 2. The van der Waals surface area contributed by atoms with E-state index in [0.29, 0.717) is 12.4 Å². The molecule has 0 unspecified atom stereocenters. The predicted octanol–water partition coefficient (Wildman–Crippen LogP) is 1.61. The Morgan fingerprint density at radius 1 is 1.19 bits per heavy atom. The van der Waals surface area contributed by atoms with Gasteiger partial charge in [-0.2, -0.15) is 0 Å². The molecule has 0 aliphatic rings. The summed E-state index contributed by atoms with van der Waals surface area (Å²) in [6, 6.07) is 7.76. The molecule has 82 valence electrons. The molecule has 1 aromatic heterocycles. The quantitative estimate of drug-likeness (QED) is 0.845. The molecule has 1 heterocycles. The van der Waals surface area contributed by atoms with E-state index in [1.807, 2.05) is 24.3 Å². The second-order valence-corrected chi connectivity index (χ2v) is 3.29. The Kier molecular flexibility index (Phi) is 3.12. The molecule has 2 rings (SSSR count). The number of ether oxygens (including phenoxy) is 1. The lowest BCUT2D eigenvalue weighted by molar-refractivity contribution is 0.416. The Morgan fingerprint density at radius 2 is 1.88 bits per heavy atom. The lowest BCUT2D eigenvalue weighted by atomic mass is 10.1. The van der Waals surface area contributed by atoms with Gasteiger partial charge in [0.05, 0.1) is 13.7 Å². The highest BCUT2D eigenvalue weighted by Crippen LogP contribution is 2.28. The van der Waals surface area contributed by atoms with E-state index in [9.17, 15) is 0 Å². The van der Waals surface area contributed by atoms with Crippen molar-refractivity contribution in [1.29, 1.82) is 0 Å². The molecule has 0 atom stereocenters. The highest BCUT2D eigenvalue weighted by atomic mass is 16.5. The molecule has 0 spiro atoms. The van der Waals surface area contributed by atoms with Gasteiger partial charge in [0.2, 0.25) is 0 Å². The van der Waals surface area contributed by atoms with Gasteiger partial charge >= 0.3 is 0 Å². The van der Waals surface area contributed by atoms with Crippen molar-refractivity contribution in [2.45, 2.75) is 6.54 Å². The molecule has 4 heteroatoms. The van der Waals surface area contributed by atoms with Crippen molar-refractivity contribution >= 4 is 0 Å². The summed E-state index contributed by atoms with van der Waals surface area (Å²) in [5.41, 5.74) is 7.35. The van der Waals surface area contributed by atoms with Crippen molar-refractivity contribution in [3.05, 3.63) is 42.5 Å². The first-order chi connectivity index (χ1) is 7.85. The normalized spacial score (nSPS) is 10.1. The number of hydrogen-bond acceptors (Lipinski definition) is 4. The van der Waals surface area contributed by atoms with Crippen LogP contribution < -0.4 is 10.5 Å². The number of rotatable bonds is 3. The molecule has 1 aromatic carbocycles. The first kappa shape index (κ1) is 10.6. The van der Waals surface area contributed by atoms with Gasteiger partial charge in [0, 0.05) is 23.5 Å². The van der Waals surface area contributed by atoms with Gasteiger partial charge in [0.25, 0.3) is 0 Å². The van der Waals surface area contributed by atoms with E-state index in [1.54, 1.807) is 19.5 Å². The minimum atomic E-state index is 0.353. The van der Waals surface area contributed by atoms with E-state index in [1.165, 1.54) is 0 Å². The predicted molar refractivity (Wildman–Crippen MR) is 61.9 cm³/mol. The van der Waals surface area contributed by atoms with Gasteiger partial charge in [-0.05, 0) is 6.07 Å². The molecule has 0 fully saturated rings. The van der Waals surface area contributed by atoms with Gasteiger partial charge in [-0.15, -0.1) is 0 Å². The van der Waals surface area contributed by atoms with Gasteiger partial charge in [-0.3, -0.25) is 0 Å². The molecule has 0 saturated heterocycles. The first-order valence-electron chi connectivity index (χ1n) is 4.99. The Balaban J connectivity index is 2.42. The van der Waals surface area contributed by atoms with Crippen molar-refractivity contribution in [1.82, 2.24) is 9.97 Å². The summed E-state index contributed by atoms with van der Waals surface area (Å²) in [6.45, 7) is 0.353. The SMILES string of the molecule is COc1ccccc1-c1cnc(CN)nc1. The molecule has 0 aliphatic heterocycles. The van der Waals surface area contributed by atoms with Crippen LogP contribution in [0.1, 0.15) is 5.82 Å². The zero-order valence-corrected chi connectivity index (χ0v) is 9.05. The summed E-state index contributed by atoms with van der Waals surface area (Å²) in [5, 5.41) is 0. The third-order valence-electron chi connectivity index (χ3n) is 2.31. The summed E-state index contributed by atoms with van der Waals surface area (Å²) in [4.78, 5) is 8.31. The highest BCUT2D eigenvalue weighted by molar-refractivity contribution is 5.68. The topological polar surface area (TPSA) is 61.0 Å². The fraction of sp³-hybridized carbons (Fsp3) is 0.167. The van der Waals surface area contributed by atoms with E-state index < -0.39 is 0 Å². The van der Waals surface area contributed by atoms with Crippen molar-refractivity contribution < 1.29 is 4.74 Å². The van der Waals surface area contributed by atoms with Crippen molar-refractivity contribution in [3.8, 4) is 16.9 Å². The average Bonchev–Trinajstić information content (AvgIpc) is 2.39. The van der Waals surface area contributed by atoms with Crippen molar-refractivity contribution in [2.24, 2.45) is 5.73 Å². The average molecular weight is 215 g/mol. The number of methoxy groups -OCH3 is 1. The van der Waals surface area contributed by atoms with E-state index in [0.717, 1.165) is 16.9 Å². The van der Waals surface area contributed by atoms with Crippen LogP contribution in [0, 0.1) is 0 Å². The van der Waals surface area contributed by atoms with Crippen molar-refractivity contribution in [3.63, 3.8) is 0 Å². The van der Waals surface area contributed by atoms with Gasteiger partial charge < -0.3 is 10.5 Å². The number of nitrogens with two attached hydrogens (primary N) is 1. The smallest absolute Gasteiger partial charge is 0.141 e. The molecule has 16 heavy (non-hydrogen) atoms. The largest absolute Gasteiger partial charge is 0.496 e. The van der Waals surface area contributed by atoms with Crippen LogP contribution in [0.2, 0.25) is 0 Å². The summed E-state index contributed by atoms with van der Waals surface area (Å²) < 4.78 is 5.28. The van der Waals surface area contributed by atoms with E-state index in [4.69, 9.17) is 10.5 Å². The fourth-order valence-electron chi connectivity index (χ4n) is 1.48. The van der Waals surface area contributed by atoms with E-state index in [2.05, 4.69) is 9.97 Å². The Morgan fingerprint density at radius 3 is 2.50 bits per heavy atom. The van der Waals surface area contributed by atoms with Crippen LogP contribution in [0.25, 0.3) is 11.1 Å². The minimum absolute atomic E-state index is 0.353. The first-order valence-corrected chi connectivity index (χ1v) is 4.99. The Labute approximate surface area is 94.1 Å². The van der Waals surface area contributed by atoms with Crippen LogP contribution in [-0.2, 0) is 6.54 Å². The molecule has 0 aliphatic carbocycles. The number of hydrogen-bond donors (Lipinski definition) is 1. The third kappa shape index (κ3) is 2.01. The van der Waals surface area contributed by atoms with Crippen LogP contribution in [0.15, 0.2) is 36.7 Å². The van der Waals surface area contributed by atoms with Crippen LogP contribution in [0.4, 0.5) is 0 Å². The molecule has 0 radical (unpaired) electrons. The number of benzene rings is 1. The van der Waals surface area contributed by atoms with E-state index >= 15 is 0 Å². The summed E-state index contributed by atoms with van der Waals surface area (Å²) >= 11 is 0. The molecule has 2 aromatic rings. The summed E-state index contributed by atoms with van der Waals surface area (Å²) in [5.74, 6) is 1.45. The Hall–Kier alpha value is -1.94. The van der Waals surface area contributed by atoms with Gasteiger partial charge in [-0.1, -0.05) is 18.2 Å². The maximum atomic E-state index is 5.44. The number of aromatic nitrogens is 2. The summed E-state index contributed by atoms with van der Waals surface area (Å²) in [7, 11) is 1.65. The monoisotopic (exact) mass is 215 g/mol.